The monoisotopic (exact) mass is 423 g/mol. The zero-order valence-electron chi connectivity index (χ0n) is 17.4. The molecule has 0 bridgehead atoms. The van der Waals surface area contributed by atoms with Crippen LogP contribution in [-0.4, -0.2) is 54.7 Å². The molecule has 0 unspecified atom stereocenters. The molecule has 0 fully saturated rings. The van der Waals surface area contributed by atoms with E-state index in [9.17, 15) is 24.0 Å². The van der Waals surface area contributed by atoms with Gasteiger partial charge in [-0.3, -0.25) is 24.0 Å². The van der Waals surface area contributed by atoms with E-state index in [-0.39, 0.29) is 0 Å². The van der Waals surface area contributed by atoms with Crippen LogP contribution in [0.2, 0.25) is 0 Å². The third kappa shape index (κ3) is 8.29. The van der Waals surface area contributed by atoms with Gasteiger partial charge in [0.25, 0.3) is 5.91 Å². The molecule has 0 aliphatic carbocycles. The Balaban J connectivity index is 3.30. The fourth-order valence-electron chi connectivity index (χ4n) is 2.50. The fraction of sp³-hybridized carbons (Fsp3) is 0.450. The number of nitrogens with one attached hydrogen (secondary N) is 1. The van der Waals surface area contributed by atoms with Crippen molar-refractivity contribution in [3.05, 3.63) is 29.8 Å². The first kappa shape index (κ1) is 24.6. The summed E-state index contributed by atoms with van der Waals surface area (Å²) in [7, 11) is 0. The van der Waals surface area contributed by atoms with Crippen LogP contribution >= 0.6 is 0 Å². The van der Waals surface area contributed by atoms with E-state index < -0.39 is 54.7 Å². The van der Waals surface area contributed by atoms with Crippen LogP contribution in [0.1, 0.15) is 33.3 Å². The lowest BCUT2D eigenvalue weighted by atomic mass is 10.1. The number of benzene rings is 1. The highest BCUT2D eigenvalue weighted by molar-refractivity contribution is 5.96. The van der Waals surface area contributed by atoms with Crippen molar-refractivity contribution in [2.75, 3.05) is 11.9 Å². The van der Waals surface area contributed by atoms with Crippen molar-refractivity contribution in [1.29, 1.82) is 0 Å². The van der Waals surface area contributed by atoms with Crippen molar-refractivity contribution in [2.24, 2.45) is 0 Å². The van der Waals surface area contributed by atoms with Gasteiger partial charge in [-0.15, -0.1) is 0 Å². The Hall–Kier alpha value is -3.43. The molecule has 0 radical (unpaired) electrons. The number of hydrogen-bond acceptors (Lipinski definition) is 9. The molecule has 0 heterocycles. The quantitative estimate of drug-likeness (QED) is 0.460. The Labute approximate surface area is 173 Å². The van der Waals surface area contributed by atoms with E-state index >= 15 is 0 Å². The number of amides is 1. The number of para-hydroxylation sites is 1. The fourth-order valence-corrected chi connectivity index (χ4v) is 2.50. The highest BCUT2D eigenvalue weighted by atomic mass is 16.6. The molecule has 3 atom stereocenters. The van der Waals surface area contributed by atoms with E-state index in [1.54, 1.807) is 31.2 Å². The lowest BCUT2D eigenvalue weighted by molar-refractivity contribution is -0.190. The van der Waals surface area contributed by atoms with E-state index in [1.807, 2.05) is 0 Å². The molecular weight excluding hydrogens is 398 g/mol. The van der Waals surface area contributed by atoms with Crippen molar-refractivity contribution >= 4 is 35.5 Å². The van der Waals surface area contributed by atoms with E-state index in [0.29, 0.717) is 5.69 Å². The summed E-state index contributed by atoms with van der Waals surface area (Å²) in [6.45, 7) is 5.56. The van der Waals surface area contributed by atoms with Gasteiger partial charge in [0, 0.05) is 33.4 Å². The summed E-state index contributed by atoms with van der Waals surface area (Å²) in [6.07, 6.45) is -4.66. The van der Waals surface area contributed by atoms with Crippen LogP contribution in [0.15, 0.2) is 24.3 Å². The zero-order valence-corrected chi connectivity index (χ0v) is 17.4. The average Bonchev–Trinajstić information content (AvgIpc) is 2.62. The molecule has 1 aromatic rings. The highest BCUT2D eigenvalue weighted by Crippen LogP contribution is 2.19. The standard InChI is InChI=1S/C20H25NO9/c1-11-8-6-7-9-16(11)21-20(26)19(30-15(5)25)18(29-14(4)24)17(28-13(3)23)10-27-12(2)22/h6-9,17-19H,10H2,1-5H3,(H,21,26)/t17-,18-,19-/m1/s1. The molecule has 0 saturated carbocycles. The van der Waals surface area contributed by atoms with Gasteiger partial charge in [0.05, 0.1) is 0 Å². The molecule has 164 valence electrons. The van der Waals surface area contributed by atoms with Crippen molar-refractivity contribution in [3.8, 4) is 0 Å². The molecule has 0 aliphatic heterocycles. The van der Waals surface area contributed by atoms with Crippen LogP contribution in [0.4, 0.5) is 5.69 Å². The Bertz CT molecular complexity index is 805. The number of hydrogen-bond donors (Lipinski definition) is 1. The van der Waals surface area contributed by atoms with E-state index in [4.69, 9.17) is 18.9 Å². The van der Waals surface area contributed by atoms with E-state index in [0.717, 1.165) is 33.3 Å². The summed E-state index contributed by atoms with van der Waals surface area (Å²) in [5.74, 6) is -3.98. The number of anilines is 1. The van der Waals surface area contributed by atoms with Crippen LogP contribution in [0.25, 0.3) is 0 Å². The van der Waals surface area contributed by atoms with Gasteiger partial charge in [-0.05, 0) is 18.6 Å². The second-order valence-electron chi connectivity index (χ2n) is 6.36. The molecule has 1 N–H and O–H groups in total. The minimum atomic E-state index is -1.69. The summed E-state index contributed by atoms with van der Waals surface area (Å²) in [5, 5.41) is 2.59. The van der Waals surface area contributed by atoms with E-state index in [2.05, 4.69) is 5.32 Å². The van der Waals surface area contributed by atoms with Crippen LogP contribution in [0, 0.1) is 6.92 Å². The van der Waals surface area contributed by atoms with Gasteiger partial charge in [-0.25, -0.2) is 0 Å². The molecular formula is C20H25NO9. The Morgan fingerprint density at radius 2 is 1.40 bits per heavy atom. The first-order chi connectivity index (χ1) is 14.0. The maximum atomic E-state index is 12.9. The van der Waals surface area contributed by atoms with Gasteiger partial charge in [0.2, 0.25) is 6.10 Å². The predicted molar refractivity (Wildman–Crippen MR) is 103 cm³/mol. The second-order valence-corrected chi connectivity index (χ2v) is 6.36. The normalized spacial score (nSPS) is 13.2. The minimum Gasteiger partial charge on any atom is -0.462 e. The summed E-state index contributed by atoms with van der Waals surface area (Å²) < 4.78 is 20.2. The molecule has 1 amide bonds. The van der Waals surface area contributed by atoms with Crippen LogP contribution in [0.5, 0.6) is 0 Å². The lowest BCUT2D eigenvalue weighted by Crippen LogP contribution is -2.52. The van der Waals surface area contributed by atoms with E-state index in [1.165, 1.54) is 0 Å². The van der Waals surface area contributed by atoms with Crippen LogP contribution in [-0.2, 0) is 42.9 Å². The number of ether oxygens (including phenoxy) is 4. The van der Waals surface area contributed by atoms with Crippen molar-refractivity contribution < 1.29 is 42.9 Å². The smallest absolute Gasteiger partial charge is 0.303 e. The number of aryl methyl sites for hydroxylation is 1. The van der Waals surface area contributed by atoms with Gasteiger partial charge in [-0.2, -0.15) is 0 Å². The van der Waals surface area contributed by atoms with Crippen LogP contribution in [0.3, 0.4) is 0 Å². The Morgan fingerprint density at radius 3 is 1.90 bits per heavy atom. The number of carbonyl (C=O) groups excluding carboxylic acids is 5. The van der Waals surface area contributed by atoms with Gasteiger partial charge in [0.15, 0.2) is 12.2 Å². The number of rotatable bonds is 9. The summed E-state index contributed by atoms with van der Waals surface area (Å²) in [6, 6.07) is 6.84. The summed E-state index contributed by atoms with van der Waals surface area (Å²) in [5.41, 5.74) is 1.16. The predicted octanol–water partition coefficient (Wildman–Crippen LogP) is 1.29. The largest absolute Gasteiger partial charge is 0.462 e. The summed E-state index contributed by atoms with van der Waals surface area (Å²) >= 11 is 0. The van der Waals surface area contributed by atoms with Crippen LogP contribution < -0.4 is 5.32 Å². The highest BCUT2D eigenvalue weighted by Gasteiger charge is 2.42. The molecule has 30 heavy (non-hydrogen) atoms. The summed E-state index contributed by atoms with van der Waals surface area (Å²) in [4.78, 5) is 59.0. The van der Waals surface area contributed by atoms with Gasteiger partial charge in [-0.1, -0.05) is 18.2 Å². The third-order valence-corrected chi connectivity index (χ3v) is 3.69. The minimum absolute atomic E-state index is 0.435. The van der Waals surface area contributed by atoms with Gasteiger partial charge < -0.3 is 24.3 Å². The molecule has 10 nitrogen and oxygen atoms in total. The maximum Gasteiger partial charge on any atom is 0.303 e. The Morgan fingerprint density at radius 1 is 0.833 bits per heavy atom. The first-order valence-corrected chi connectivity index (χ1v) is 9.02. The molecule has 10 heteroatoms. The molecule has 0 spiro atoms. The van der Waals surface area contributed by atoms with Crippen molar-refractivity contribution in [3.63, 3.8) is 0 Å². The van der Waals surface area contributed by atoms with Gasteiger partial charge in [0.1, 0.15) is 6.61 Å². The third-order valence-electron chi connectivity index (χ3n) is 3.69. The average molecular weight is 423 g/mol. The molecule has 1 aromatic carbocycles. The molecule has 0 saturated heterocycles. The van der Waals surface area contributed by atoms with Gasteiger partial charge >= 0.3 is 23.9 Å². The van der Waals surface area contributed by atoms with Crippen molar-refractivity contribution in [2.45, 2.75) is 52.9 Å². The zero-order chi connectivity index (χ0) is 22.8. The lowest BCUT2D eigenvalue weighted by Gasteiger charge is -2.31. The number of carbonyl (C=O) groups is 5. The Kier molecular flexibility index (Phi) is 9.47. The number of esters is 4. The maximum absolute atomic E-state index is 12.9. The molecule has 0 aliphatic rings. The van der Waals surface area contributed by atoms with Crippen molar-refractivity contribution in [1.82, 2.24) is 0 Å². The first-order valence-electron chi connectivity index (χ1n) is 9.02. The SMILES string of the molecule is CC(=O)OC[C@@H](OC(C)=O)[C@@H](OC(C)=O)[C@@H](OC(C)=O)C(=O)Nc1ccccc1C. The molecule has 1 rings (SSSR count). The molecule has 0 aromatic heterocycles. The topological polar surface area (TPSA) is 134 Å². The second kappa shape index (κ2) is 11.5.